The first-order valence-electron chi connectivity index (χ1n) is 5.98. The Labute approximate surface area is 120 Å². The lowest BCUT2D eigenvalue weighted by Crippen LogP contribution is -2.12. The van der Waals surface area contributed by atoms with E-state index in [0.29, 0.717) is 27.6 Å². The molecule has 0 unspecified atom stereocenters. The van der Waals surface area contributed by atoms with Gasteiger partial charge in [0.05, 0.1) is 5.56 Å². The van der Waals surface area contributed by atoms with Crippen LogP contribution in [-0.2, 0) is 0 Å². The Morgan fingerprint density at radius 2 is 1.55 bits per heavy atom. The van der Waals surface area contributed by atoms with E-state index >= 15 is 0 Å². The Morgan fingerprint density at radius 1 is 0.850 bits per heavy atom. The van der Waals surface area contributed by atoms with Crippen molar-refractivity contribution in [2.45, 2.75) is 0 Å². The van der Waals surface area contributed by atoms with Crippen molar-refractivity contribution in [2.75, 3.05) is 0 Å². The predicted octanol–water partition coefficient (Wildman–Crippen LogP) is 4.07. The number of hydrogen-bond donors (Lipinski definition) is 0. The predicted molar refractivity (Wildman–Crippen MR) is 75.8 cm³/mol. The van der Waals surface area contributed by atoms with E-state index < -0.39 is 0 Å². The van der Waals surface area contributed by atoms with Gasteiger partial charge in [-0.15, -0.1) is 0 Å². The second-order valence-corrected chi connectivity index (χ2v) is 4.73. The summed E-state index contributed by atoms with van der Waals surface area (Å²) in [5, 5.41) is 0.599. The van der Waals surface area contributed by atoms with Crippen molar-refractivity contribution in [1.29, 1.82) is 0 Å². The van der Waals surface area contributed by atoms with Crippen molar-refractivity contribution < 1.29 is 14.3 Å². The highest BCUT2D eigenvalue weighted by molar-refractivity contribution is 6.30. The molecule has 0 atom stereocenters. The Morgan fingerprint density at radius 3 is 2.30 bits per heavy atom. The minimum absolute atomic E-state index is 0.193. The monoisotopic (exact) mass is 284 g/mol. The van der Waals surface area contributed by atoms with Crippen molar-refractivity contribution in [1.82, 2.24) is 0 Å². The normalized spacial score (nSPS) is 13.2. The highest BCUT2D eigenvalue weighted by Gasteiger charge is 2.23. The molecule has 20 heavy (non-hydrogen) atoms. The second kappa shape index (κ2) is 4.94. The van der Waals surface area contributed by atoms with E-state index in [4.69, 9.17) is 16.3 Å². The van der Waals surface area contributed by atoms with Crippen LogP contribution in [0, 0.1) is 0 Å². The number of halogens is 1. The van der Waals surface area contributed by atoms with Crippen molar-refractivity contribution in [2.24, 2.45) is 0 Å². The summed E-state index contributed by atoms with van der Waals surface area (Å²) in [5.41, 5.74) is 0.666. The molecular weight excluding hydrogens is 276 g/mol. The minimum atomic E-state index is -0.232. The van der Waals surface area contributed by atoms with Gasteiger partial charge in [-0.1, -0.05) is 23.7 Å². The van der Waals surface area contributed by atoms with E-state index in [1.165, 1.54) is 12.2 Å². The molecule has 0 aromatic heterocycles. The van der Waals surface area contributed by atoms with Crippen molar-refractivity contribution in [3.05, 3.63) is 70.8 Å². The highest BCUT2D eigenvalue weighted by Crippen LogP contribution is 2.31. The van der Waals surface area contributed by atoms with Gasteiger partial charge in [0.1, 0.15) is 11.5 Å². The molecule has 1 aliphatic carbocycles. The summed E-state index contributed by atoms with van der Waals surface area (Å²) in [6, 6.07) is 11.8. The topological polar surface area (TPSA) is 43.4 Å². The van der Waals surface area contributed by atoms with Crippen LogP contribution in [0.2, 0.25) is 5.02 Å². The van der Waals surface area contributed by atoms with Crippen LogP contribution in [0.5, 0.6) is 11.5 Å². The van der Waals surface area contributed by atoms with Gasteiger partial charge >= 0.3 is 0 Å². The number of allylic oxidation sites excluding steroid dienone is 2. The molecular formula is C16H9ClO3. The van der Waals surface area contributed by atoms with Crippen molar-refractivity contribution in [3.63, 3.8) is 0 Å². The summed E-state index contributed by atoms with van der Waals surface area (Å²) in [7, 11) is 0. The Hall–Kier alpha value is -2.39. The third-order valence-corrected chi connectivity index (χ3v) is 3.22. The summed E-state index contributed by atoms with van der Waals surface area (Å²) in [6.07, 6.45) is 2.54. The highest BCUT2D eigenvalue weighted by atomic mass is 35.5. The molecule has 98 valence electrons. The standard InChI is InChI=1S/C16H9ClO3/c17-10-4-6-11(7-5-10)20-15-3-1-2-12-13(18)8-9-14(19)16(12)15/h1-9H. The van der Waals surface area contributed by atoms with Gasteiger partial charge < -0.3 is 4.74 Å². The first-order chi connectivity index (χ1) is 9.65. The van der Waals surface area contributed by atoms with Crippen molar-refractivity contribution in [3.8, 4) is 11.5 Å². The molecule has 2 aromatic carbocycles. The van der Waals surface area contributed by atoms with E-state index in [9.17, 15) is 9.59 Å². The Bertz CT molecular complexity index is 730. The average Bonchev–Trinajstić information content (AvgIpc) is 2.46. The third-order valence-electron chi connectivity index (χ3n) is 2.97. The van der Waals surface area contributed by atoms with Crippen LogP contribution < -0.4 is 4.74 Å². The molecule has 3 rings (SSSR count). The molecule has 0 saturated heterocycles. The van der Waals surface area contributed by atoms with Gasteiger partial charge in [-0.3, -0.25) is 9.59 Å². The van der Waals surface area contributed by atoms with Crippen LogP contribution >= 0.6 is 11.6 Å². The zero-order valence-electron chi connectivity index (χ0n) is 10.3. The molecule has 3 nitrogen and oxygen atoms in total. The Balaban J connectivity index is 2.04. The average molecular weight is 285 g/mol. The number of ether oxygens (including phenoxy) is 1. The maximum atomic E-state index is 12.0. The summed E-state index contributed by atoms with van der Waals surface area (Å²) >= 11 is 5.81. The van der Waals surface area contributed by atoms with E-state index in [1.807, 2.05) is 0 Å². The number of hydrogen-bond acceptors (Lipinski definition) is 3. The molecule has 0 amide bonds. The lowest BCUT2D eigenvalue weighted by Gasteiger charge is -2.14. The fourth-order valence-corrected chi connectivity index (χ4v) is 2.16. The fraction of sp³-hybridized carbons (Fsp3) is 0. The third kappa shape index (κ3) is 2.24. The lowest BCUT2D eigenvalue weighted by atomic mass is 9.94. The van der Waals surface area contributed by atoms with Gasteiger partial charge in [0, 0.05) is 10.6 Å². The zero-order chi connectivity index (χ0) is 14.1. The molecule has 0 N–H and O–H groups in total. The minimum Gasteiger partial charge on any atom is -0.457 e. The van der Waals surface area contributed by atoms with E-state index in [2.05, 4.69) is 0 Å². The maximum absolute atomic E-state index is 12.0. The van der Waals surface area contributed by atoms with E-state index in [0.717, 1.165) is 0 Å². The van der Waals surface area contributed by atoms with Gasteiger partial charge in [-0.05, 0) is 42.5 Å². The smallest absolute Gasteiger partial charge is 0.190 e. The maximum Gasteiger partial charge on any atom is 0.190 e. The van der Waals surface area contributed by atoms with Crippen LogP contribution in [0.15, 0.2) is 54.6 Å². The second-order valence-electron chi connectivity index (χ2n) is 4.30. The summed E-state index contributed by atoms with van der Waals surface area (Å²) in [6.45, 7) is 0. The first-order valence-corrected chi connectivity index (χ1v) is 6.36. The number of ketones is 2. The van der Waals surface area contributed by atoms with Gasteiger partial charge in [0.25, 0.3) is 0 Å². The zero-order valence-corrected chi connectivity index (χ0v) is 11.1. The molecule has 1 aliphatic rings. The SMILES string of the molecule is O=C1C=CC(=O)c2c(Oc3ccc(Cl)cc3)cccc21. The Kier molecular flexibility index (Phi) is 3.12. The van der Waals surface area contributed by atoms with Gasteiger partial charge in [-0.2, -0.15) is 0 Å². The van der Waals surface area contributed by atoms with Gasteiger partial charge in [0.2, 0.25) is 0 Å². The number of benzene rings is 2. The molecule has 0 saturated carbocycles. The molecule has 0 fully saturated rings. The van der Waals surface area contributed by atoms with Gasteiger partial charge in [0.15, 0.2) is 11.6 Å². The number of carbonyl (C=O) groups is 2. The summed E-state index contributed by atoms with van der Waals surface area (Å²) in [5.74, 6) is 0.496. The van der Waals surface area contributed by atoms with Gasteiger partial charge in [-0.25, -0.2) is 0 Å². The molecule has 0 radical (unpaired) electrons. The largest absolute Gasteiger partial charge is 0.457 e. The van der Waals surface area contributed by atoms with Crippen molar-refractivity contribution >= 4 is 23.2 Å². The molecule has 0 heterocycles. The van der Waals surface area contributed by atoms with Crippen LogP contribution in [-0.4, -0.2) is 11.6 Å². The van der Waals surface area contributed by atoms with E-state index in [-0.39, 0.29) is 11.6 Å². The molecule has 0 bridgehead atoms. The van der Waals surface area contributed by atoms with Crippen LogP contribution in [0.4, 0.5) is 0 Å². The first kappa shape index (κ1) is 12.6. The fourth-order valence-electron chi connectivity index (χ4n) is 2.03. The number of carbonyl (C=O) groups excluding carboxylic acids is 2. The molecule has 4 heteroatoms. The van der Waals surface area contributed by atoms with Crippen LogP contribution in [0.1, 0.15) is 20.7 Å². The summed E-state index contributed by atoms with van der Waals surface area (Å²) in [4.78, 5) is 23.7. The molecule has 0 aliphatic heterocycles. The van der Waals surface area contributed by atoms with Crippen LogP contribution in [0.3, 0.4) is 0 Å². The van der Waals surface area contributed by atoms with Crippen LogP contribution in [0.25, 0.3) is 0 Å². The number of fused-ring (bicyclic) bond motifs is 1. The summed E-state index contributed by atoms with van der Waals surface area (Å²) < 4.78 is 5.68. The van der Waals surface area contributed by atoms with E-state index in [1.54, 1.807) is 42.5 Å². The quantitative estimate of drug-likeness (QED) is 0.835. The lowest BCUT2D eigenvalue weighted by molar-refractivity contribution is 0.0992. The molecule has 2 aromatic rings. The molecule has 0 spiro atoms. The number of rotatable bonds is 2.